The van der Waals surface area contributed by atoms with Gasteiger partial charge in [0.25, 0.3) is 0 Å². The molecule has 1 saturated carbocycles. The van der Waals surface area contributed by atoms with Crippen LogP contribution in [0.1, 0.15) is 31.1 Å². The molecule has 0 radical (unpaired) electrons. The van der Waals surface area contributed by atoms with Crippen molar-refractivity contribution in [2.24, 2.45) is 0 Å². The van der Waals surface area contributed by atoms with Crippen molar-refractivity contribution in [3.63, 3.8) is 0 Å². The highest BCUT2D eigenvalue weighted by molar-refractivity contribution is 7.92. The summed E-state index contributed by atoms with van der Waals surface area (Å²) >= 11 is 0. The van der Waals surface area contributed by atoms with E-state index in [1.807, 2.05) is 6.92 Å². The van der Waals surface area contributed by atoms with Gasteiger partial charge in [-0.25, -0.2) is 22.8 Å². The van der Waals surface area contributed by atoms with Crippen molar-refractivity contribution in [2.45, 2.75) is 43.3 Å². The zero-order valence-electron chi connectivity index (χ0n) is 21.9. The molecule has 16 heteroatoms. The molecule has 42 heavy (non-hydrogen) atoms. The molecule has 2 aliphatic rings. The van der Waals surface area contributed by atoms with Crippen LogP contribution < -0.4 is 10.6 Å². The van der Waals surface area contributed by atoms with Crippen LogP contribution >= 0.6 is 0 Å². The fourth-order valence-corrected chi connectivity index (χ4v) is 7.05. The number of benzene rings is 1. The van der Waals surface area contributed by atoms with Crippen molar-refractivity contribution in [1.29, 1.82) is 0 Å². The number of hydrogen-bond acceptors (Lipinski definition) is 9. The maximum Gasteiger partial charge on any atom is 0.401 e. The van der Waals surface area contributed by atoms with Gasteiger partial charge in [-0.05, 0) is 37.0 Å². The van der Waals surface area contributed by atoms with Gasteiger partial charge in [-0.2, -0.15) is 18.3 Å². The van der Waals surface area contributed by atoms with Crippen LogP contribution in [0.15, 0.2) is 53.6 Å². The lowest BCUT2D eigenvalue weighted by molar-refractivity contribution is -0.165. The number of anilines is 3. The van der Waals surface area contributed by atoms with E-state index in [4.69, 9.17) is 4.52 Å². The minimum Gasteiger partial charge on any atom is -0.358 e. The van der Waals surface area contributed by atoms with E-state index in [9.17, 15) is 30.8 Å². The summed E-state index contributed by atoms with van der Waals surface area (Å²) in [7, 11) is -3.04. The Labute approximate surface area is 236 Å². The topological polar surface area (TPSA) is 145 Å². The number of rotatable bonds is 8. The third-order valence-corrected chi connectivity index (χ3v) is 9.51. The molecule has 3 aromatic heterocycles. The second-order valence-corrected chi connectivity index (χ2v) is 12.9. The molecule has 2 N–H and O–H groups in total. The fraction of sp³-hybridized carbons (Fsp3) is 0.346. The second-order valence-electron chi connectivity index (χ2n) is 10.8. The minimum absolute atomic E-state index is 0.0146. The third kappa shape index (κ3) is 5.21. The number of sulfone groups is 1. The predicted molar refractivity (Wildman–Crippen MR) is 141 cm³/mol. The van der Waals surface area contributed by atoms with Crippen molar-refractivity contribution in [1.82, 2.24) is 24.9 Å². The summed E-state index contributed by atoms with van der Waals surface area (Å²) in [6.07, 6.45) is 1.09. The second kappa shape index (κ2) is 9.61. The number of halogens is 4. The summed E-state index contributed by atoms with van der Waals surface area (Å²) < 4.78 is 84.2. The summed E-state index contributed by atoms with van der Waals surface area (Å²) in [6.45, 7) is 1.81. The van der Waals surface area contributed by atoms with E-state index >= 15 is 0 Å². The lowest BCUT2D eigenvalue weighted by Gasteiger charge is -2.37. The number of nitrogens with zero attached hydrogens (tertiary/aromatic N) is 5. The van der Waals surface area contributed by atoms with Crippen LogP contribution in [0.25, 0.3) is 11.1 Å². The molecule has 220 valence electrons. The minimum atomic E-state index is -4.48. The highest BCUT2D eigenvalue weighted by atomic mass is 32.2. The average Bonchev–Trinajstić information content (AvgIpc) is 3.37. The molecule has 11 nitrogen and oxygen atoms in total. The van der Waals surface area contributed by atoms with E-state index < -0.39 is 38.7 Å². The highest BCUT2D eigenvalue weighted by Gasteiger charge is 2.67. The SMILES string of the molecule is CC1(n2cc(Nc3ncc(-c4ccc(CC(=O)Nc5cc(C6(C(F)(F)F)CC6)on5)c(F)c4)cn3)cn2)CS(=O)(=O)C1. The van der Waals surface area contributed by atoms with Crippen molar-refractivity contribution < 1.29 is 35.3 Å². The van der Waals surface area contributed by atoms with Crippen LogP contribution in [-0.4, -0.2) is 56.9 Å². The maximum absolute atomic E-state index is 14.8. The number of alkyl halides is 3. The normalized spacial score (nSPS) is 18.2. The zero-order chi connectivity index (χ0) is 29.9. The van der Waals surface area contributed by atoms with Crippen LogP contribution in [0.5, 0.6) is 0 Å². The number of aromatic nitrogens is 5. The summed E-state index contributed by atoms with van der Waals surface area (Å²) in [6, 6.07) is 5.27. The number of nitrogens with one attached hydrogen (secondary N) is 2. The lowest BCUT2D eigenvalue weighted by atomic mass is 10.0. The number of hydrogen-bond donors (Lipinski definition) is 2. The predicted octanol–water partition coefficient (Wildman–Crippen LogP) is 4.13. The first-order chi connectivity index (χ1) is 19.8. The molecule has 6 rings (SSSR count). The van der Waals surface area contributed by atoms with E-state index in [-0.39, 0.29) is 53.9 Å². The zero-order valence-corrected chi connectivity index (χ0v) is 22.8. The number of carbonyl (C=O) groups is 1. The van der Waals surface area contributed by atoms with Gasteiger partial charge in [-0.15, -0.1) is 0 Å². The van der Waals surface area contributed by atoms with Gasteiger partial charge in [0.2, 0.25) is 11.9 Å². The lowest BCUT2D eigenvalue weighted by Crippen LogP contribution is -2.54. The van der Waals surface area contributed by atoms with E-state index in [0.717, 1.165) is 6.07 Å². The van der Waals surface area contributed by atoms with Crippen LogP contribution in [0.4, 0.5) is 35.0 Å². The van der Waals surface area contributed by atoms with Crippen LogP contribution in [0.3, 0.4) is 0 Å². The summed E-state index contributed by atoms with van der Waals surface area (Å²) in [4.78, 5) is 20.9. The van der Waals surface area contributed by atoms with Crippen molar-refractivity contribution >= 4 is 33.2 Å². The van der Waals surface area contributed by atoms with Crippen LogP contribution in [-0.2, 0) is 32.0 Å². The van der Waals surface area contributed by atoms with Gasteiger partial charge in [-0.1, -0.05) is 17.3 Å². The highest BCUT2D eigenvalue weighted by Crippen LogP contribution is 2.59. The molecular weight excluding hydrogens is 582 g/mol. The molecule has 0 unspecified atom stereocenters. The Bertz CT molecular complexity index is 1770. The monoisotopic (exact) mass is 605 g/mol. The van der Waals surface area contributed by atoms with Gasteiger partial charge >= 0.3 is 6.18 Å². The third-order valence-electron chi connectivity index (χ3n) is 7.38. The molecule has 4 heterocycles. The van der Waals surface area contributed by atoms with Crippen molar-refractivity contribution in [3.05, 3.63) is 66.2 Å². The Balaban J connectivity index is 1.06. The van der Waals surface area contributed by atoms with Gasteiger partial charge in [0, 0.05) is 30.2 Å². The van der Waals surface area contributed by atoms with Gasteiger partial charge < -0.3 is 15.2 Å². The molecule has 1 amide bonds. The van der Waals surface area contributed by atoms with Crippen molar-refractivity contribution in [2.75, 3.05) is 22.1 Å². The Hall–Kier alpha value is -4.34. The molecule has 0 spiro atoms. The standard InChI is InChI=1S/C26H23F4N7O4S/c1-24(13-42(39,40)14-24)37-12-18(11-33-37)34-23-31-9-17(10-32-23)15-2-3-16(19(27)6-15)7-22(38)35-21-8-20(41-36-21)25(4-5-25)26(28,29)30/h2-3,6,8-12H,4-5,7,13-14H2,1H3,(H,31,32,34)(H,35,36,38). The maximum atomic E-state index is 14.8. The number of amides is 1. The first kappa shape index (κ1) is 27.8. The van der Waals surface area contributed by atoms with Crippen LogP contribution in [0, 0.1) is 5.82 Å². The fourth-order valence-electron chi connectivity index (χ4n) is 4.98. The largest absolute Gasteiger partial charge is 0.401 e. The van der Waals surface area contributed by atoms with Gasteiger partial charge in [-0.3, -0.25) is 9.48 Å². The first-order valence-corrected chi connectivity index (χ1v) is 14.5. The van der Waals surface area contributed by atoms with Crippen LogP contribution in [0.2, 0.25) is 0 Å². The molecule has 0 bridgehead atoms. The quantitative estimate of drug-likeness (QED) is 0.283. The summed E-state index contributed by atoms with van der Waals surface area (Å²) in [5.74, 6) is -1.60. The Morgan fingerprint density at radius 3 is 2.43 bits per heavy atom. The summed E-state index contributed by atoms with van der Waals surface area (Å²) in [5, 5.41) is 13.1. The summed E-state index contributed by atoms with van der Waals surface area (Å²) in [5.41, 5.74) is -1.07. The molecular formula is C26H23F4N7O4S. The van der Waals surface area contributed by atoms with Gasteiger partial charge in [0.1, 0.15) is 11.2 Å². The Kier molecular flexibility index (Phi) is 6.36. The van der Waals surface area contributed by atoms with Gasteiger partial charge in [0.15, 0.2) is 21.4 Å². The van der Waals surface area contributed by atoms with E-state index in [1.54, 1.807) is 16.9 Å². The smallest absolute Gasteiger partial charge is 0.358 e. The Morgan fingerprint density at radius 2 is 1.81 bits per heavy atom. The first-order valence-electron chi connectivity index (χ1n) is 12.7. The van der Waals surface area contributed by atoms with E-state index in [0.29, 0.717) is 16.8 Å². The van der Waals surface area contributed by atoms with Gasteiger partial charge in [0.05, 0.1) is 35.3 Å². The Morgan fingerprint density at radius 1 is 1.10 bits per heavy atom. The van der Waals surface area contributed by atoms with E-state index in [1.165, 1.54) is 30.7 Å². The molecule has 1 aliphatic heterocycles. The molecule has 1 saturated heterocycles. The molecule has 1 aromatic carbocycles. The molecule has 4 aromatic rings. The average molecular weight is 606 g/mol. The molecule has 2 fully saturated rings. The molecule has 1 aliphatic carbocycles. The van der Waals surface area contributed by atoms with E-state index in [2.05, 4.69) is 30.9 Å². The van der Waals surface area contributed by atoms with Crippen molar-refractivity contribution in [3.8, 4) is 11.1 Å². The number of carbonyl (C=O) groups excluding carboxylic acids is 1. The molecule has 0 atom stereocenters.